The Labute approximate surface area is 91.2 Å². The van der Waals surface area contributed by atoms with Crippen molar-refractivity contribution >= 4 is 19.8 Å². The summed E-state index contributed by atoms with van der Waals surface area (Å²) in [6.45, 7) is 7.76. The molecule has 0 unspecified atom stereocenters. The van der Waals surface area contributed by atoms with Crippen molar-refractivity contribution in [2.45, 2.75) is 45.8 Å². The molecular weight excluding hydrogens is 218 g/mol. The van der Waals surface area contributed by atoms with Crippen molar-refractivity contribution in [2.75, 3.05) is 5.75 Å². The van der Waals surface area contributed by atoms with E-state index in [1.54, 1.807) is 0 Å². The molecular formula is C10H20F2SSi. The number of hydrogen-bond acceptors (Lipinski definition) is 1. The monoisotopic (exact) mass is 238 g/mol. The van der Waals surface area contributed by atoms with E-state index in [1.807, 2.05) is 27.7 Å². The molecule has 0 amide bonds. The molecule has 0 aliphatic rings. The zero-order valence-corrected chi connectivity index (χ0v) is 11.3. The van der Waals surface area contributed by atoms with Gasteiger partial charge >= 0.3 is 0 Å². The Morgan fingerprint density at radius 2 is 1.43 bits per heavy atom. The van der Waals surface area contributed by atoms with Gasteiger partial charge in [-0.05, 0) is 5.75 Å². The molecule has 0 spiro atoms. The lowest BCUT2D eigenvalue weighted by molar-refractivity contribution is 0.600. The Balaban J connectivity index is 4.90. The highest BCUT2D eigenvalue weighted by molar-refractivity contribution is 8.02. The average molecular weight is 238 g/mol. The normalized spacial score (nSPS) is 14.1. The van der Waals surface area contributed by atoms with Gasteiger partial charge in [-0.25, -0.2) is 4.39 Å². The van der Waals surface area contributed by atoms with Gasteiger partial charge in [0.2, 0.25) is 0 Å². The molecule has 0 saturated carbocycles. The molecule has 0 rings (SSSR count). The average Bonchev–Trinajstić information content (AvgIpc) is 2.21. The van der Waals surface area contributed by atoms with E-state index in [2.05, 4.69) is 0 Å². The first-order valence-corrected chi connectivity index (χ1v) is 8.87. The van der Waals surface area contributed by atoms with Crippen LogP contribution >= 0.6 is 11.8 Å². The van der Waals surface area contributed by atoms with Crippen LogP contribution in [0.2, 0.25) is 18.1 Å². The molecule has 4 heteroatoms. The molecule has 0 bridgehead atoms. The summed E-state index contributed by atoms with van der Waals surface area (Å²) >= 11 is 0.985. The highest BCUT2D eigenvalue weighted by Gasteiger charge is 2.35. The van der Waals surface area contributed by atoms with Gasteiger partial charge in [0, 0.05) is 0 Å². The number of thioether (sulfide) groups is 1. The van der Waals surface area contributed by atoms with E-state index in [9.17, 15) is 8.78 Å². The minimum absolute atomic E-state index is 0.406. The fraction of sp³-hybridized carbons (Fsp3) is 0.800. The van der Waals surface area contributed by atoms with Gasteiger partial charge in [0.15, 0.2) is 5.16 Å². The third-order valence-electron chi connectivity index (χ3n) is 2.94. The molecule has 0 fully saturated rings. The Morgan fingerprint density at radius 1 is 1.00 bits per heavy atom. The first-order valence-electron chi connectivity index (χ1n) is 5.26. The van der Waals surface area contributed by atoms with Crippen molar-refractivity contribution in [1.82, 2.24) is 0 Å². The Hall–Kier alpha value is 0.167. The largest absolute Gasteiger partial charge is 0.214 e. The summed E-state index contributed by atoms with van der Waals surface area (Å²) in [5, 5.41) is -0.565. The predicted molar refractivity (Wildman–Crippen MR) is 64.6 cm³/mol. The molecule has 0 aromatic carbocycles. The minimum Gasteiger partial charge on any atom is -0.214 e. The fourth-order valence-corrected chi connectivity index (χ4v) is 5.71. The van der Waals surface area contributed by atoms with Gasteiger partial charge in [-0.1, -0.05) is 57.6 Å². The molecule has 0 aromatic rings. The van der Waals surface area contributed by atoms with Crippen LogP contribution in [0.3, 0.4) is 0 Å². The van der Waals surface area contributed by atoms with E-state index in [0.717, 1.165) is 29.9 Å². The maximum atomic E-state index is 13.8. The smallest absolute Gasteiger partial charge is 0.183 e. The Kier molecular flexibility index (Phi) is 6.69. The summed E-state index contributed by atoms with van der Waals surface area (Å²) in [6, 6.07) is 2.39. The standard InChI is InChI=1S/C10H20F2SSi/c1-5-13-9(11)10(12)14(6-2,7-3)8-4/h5-8H2,1-4H3. The Morgan fingerprint density at radius 3 is 1.71 bits per heavy atom. The van der Waals surface area contributed by atoms with Crippen LogP contribution in [0, 0.1) is 0 Å². The predicted octanol–water partition coefficient (Wildman–Crippen LogP) is 4.90. The van der Waals surface area contributed by atoms with Crippen LogP contribution in [0.25, 0.3) is 0 Å². The van der Waals surface area contributed by atoms with E-state index in [1.165, 1.54) is 0 Å². The van der Waals surface area contributed by atoms with Crippen molar-refractivity contribution in [3.8, 4) is 0 Å². The van der Waals surface area contributed by atoms with Crippen molar-refractivity contribution in [1.29, 1.82) is 0 Å². The summed E-state index contributed by atoms with van der Waals surface area (Å²) in [4.78, 5) is 0. The molecule has 14 heavy (non-hydrogen) atoms. The molecule has 0 heterocycles. The van der Waals surface area contributed by atoms with Gasteiger partial charge in [0.05, 0.1) is 0 Å². The van der Waals surface area contributed by atoms with Crippen molar-refractivity contribution in [2.24, 2.45) is 0 Å². The van der Waals surface area contributed by atoms with Gasteiger partial charge in [0.25, 0.3) is 0 Å². The minimum atomic E-state index is -2.10. The van der Waals surface area contributed by atoms with E-state index in [-0.39, 0.29) is 0 Å². The van der Waals surface area contributed by atoms with E-state index < -0.39 is 18.7 Å². The molecule has 0 aliphatic heterocycles. The number of hydrogen-bond donors (Lipinski definition) is 0. The van der Waals surface area contributed by atoms with E-state index in [0.29, 0.717) is 5.75 Å². The van der Waals surface area contributed by atoms with Crippen LogP contribution in [-0.4, -0.2) is 13.8 Å². The summed E-state index contributed by atoms with van der Waals surface area (Å²) < 4.78 is 27.2. The van der Waals surface area contributed by atoms with Crippen LogP contribution < -0.4 is 0 Å². The summed E-state index contributed by atoms with van der Waals surface area (Å²) in [5.74, 6) is 0.598. The quantitative estimate of drug-likeness (QED) is 0.593. The second-order valence-electron chi connectivity index (χ2n) is 3.36. The van der Waals surface area contributed by atoms with Crippen LogP contribution in [0.1, 0.15) is 27.7 Å². The molecule has 0 saturated heterocycles. The zero-order chi connectivity index (χ0) is 11.2. The lowest BCUT2D eigenvalue weighted by Crippen LogP contribution is -2.33. The number of rotatable bonds is 6. The molecule has 0 aromatic heterocycles. The molecule has 0 aliphatic carbocycles. The van der Waals surface area contributed by atoms with Gasteiger partial charge in [-0.3, -0.25) is 0 Å². The van der Waals surface area contributed by atoms with Gasteiger partial charge < -0.3 is 0 Å². The second-order valence-corrected chi connectivity index (χ2v) is 9.71. The van der Waals surface area contributed by atoms with Crippen molar-refractivity contribution in [3.05, 3.63) is 10.6 Å². The third kappa shape index (κ3) is 3.09. The van der Waals surface area contributed by atoms with Gasteiger partial charge in [-0.2, -0.15) is 4.39 Å². The maximum absolute atomic E-state index is 13.8. The lowest BCUT2D eigenvalue weighted by atomic mass is 10.9. The van der Waals surface area contributed by atoms with Crippen LogP contribution in [0.4, 0.5) is 8.78 Å². The van der Waals surface area contributed by atoms with Crippen molar-refractivity contribution in [3.63, 3.8) is 0 Å². The highest BCUT2D eigenvalue weighted by Crippen LogP contribution is 2.35. The molecule has 0 atom stereocenters. The zero-order valence-electron chi connectivity index (χ0n) is 9.49. The molecule has 0 nitrogen and oxygen atoms in total. The first-order chi connectivity index (χ1) is 6.57. The van der Waals surface area contributed by atoms with Crippen LogP contribution in [-0.2, 0) is 0 Å². The van der Waals surface area contributed by atoms with E-state index in [4.69, 9.17) is 0 Å². The summed E-state index contributed by atoms with van der Waals surface area (Å²) in [5.41, 5.74) is -0.406. The van der Waals surface area contributed by atoms with Gasteiger partial charge in [-0.15, -0.1) is 0 Å². The van der Waals surface area contributed by atoms with E-state index >= 15 is 0 Å². The lowest BCUT2D eigenvalue weighted by Gasteiger charge is -2.25. The fourth-order valence-electron chi connectivity index (χ4n) is 1.61. The Bertz CT molecular complexity index is 192. The van der Waals surface area contributed by atoms with Crippen LogP contribution in [0.5, 0.6) is 0 Å². The maximum Gasteiger partial charge on any atom is 0.183 e. The first kappa shape index (κ1) is 14.2. The van der Waals surface area contributed by atoms with Gasteiger partial charge in [0.1, 0.15) is 13.5 Å². The highest BCUT2D eigenvalue weighted by atomic mass is 32.2. The summed E-state index contributed by atoms with van der Waals surface area (Å²) in [7, 11) is -2.10. The van der Waals surface area contributed by atoms with Crippen molar-refractivity contribution < 1.29 is 8.78 Å². The topological polar surface area (TPSA) is 0 Å². The third-order valence-corrected chi connectivity index (χ3v) is 9.05. The SMILES string of the molecule is CCSC(F)=C(F)[Si](CC)(CC)CC. The molecule has 0 N–H and O–H groups in total. The molecule has 84 valence electrons. The van der Waals surface area contributed by atoms with Crippen LogP contribution in [0.15, 0.2) is 10.6 Å². The summed E-state index contributed by atoms with van der Waals surface area (Å²) in [6.07, 6.45) is 0. The molecule has 0 radical (unpaired) electrons. The second kappa shape index (κ2) is 6.61. The number of halogens is 2.